The highest BCUT2D eigenvalue weighted by molar-refractivity contribution is 9.10. The molecule has 4 nitrogen and oxygen atoms in total. The van der Waals surface area contributed by atoms with Gasteiger partial charge in [0.2, 0.25) is 0 Å². The molecule has 2 atom stereocenters. The highest BCUT2D eigenvalue weighted by Crippen LogP contribution is 2.31. The van der Waals surface area contributed by atoms with Gasteiger partial charge in [-0.15, -0.1) is 0 Å². The third-order valence-electron chi connectivity index (χ3n) is 4.37. The molecule has 0 saturated carbocycles. The molecule has 0 aromatic heterocycles. The number of rotatable bonds is 2. The number of halogens is 1. The Morgan fingerprint density at radius 2 is 1.84 bits per heavy atom. The van der Waals surface area contributed by atoms with Crippen LogP contribution >= 0.6 is 15.9 Å². The molecule has 25 heavy (non-hydrogen) atoms. The van der Waals surface area contributed by atoms with Crippen LogP contribution in [0.2, 0.25) is 0 Å². The fraction of sp³-hybridized carbons (Fsp3) is 0.368. The number of hydrogen-bond acceptors (Lipinski definition) is 3. The first-order chi connectivity index (χ1) is 11.7. The summed E-state index contributed by atoms with van der Waals surface area (Å²) >= 11 is 3.64. The molecule has 0 radical (unpaired) electrons. The van der Waals surface area contributed by atoms with Gasteiger partial charge in [0.05, 0.1) is 4.90 Å². The van der Waals surface area contributed by atoms with E-state index in [1.165, 1.54) is 34.2 Å². The van der Waals surface area contributed by atoms with Crippen LogP contribution in [0, 0.1) is 6.92 Å². The summed E-state index contributed by atoms with van der Waals surface area (Å²) in [6.07, 6.45) is 2.35. The fourth-order valence-corrected chi connectivity index (χ4v) is 3.94. The highest BCUT2D eigenvalue weighted by Gasteiger charge is 2.23. The molecule has 1 aliphatic rings. The zero-order valence-corrected chi connectivity index (χ0v) is 17.1. The third kappa shape index (κ3) is 5.38. The summed E-state index contributed by atoms with van der Waals surface area (Å²) in [7, 11) is -4.02. The summed E-state index contributed by atoms with van der Waals surface area (Å²) < 4.78 is 30.8. The molecular weight excluding hydrogens is 402 g/mol. The summed E-state index contributed by atoms with van der Waals surface area (Å²) in [5.41, 5.74) is 3.90. The lowest BCUT2D eigenvalue weighted by atomic mass is 9.90. The monoisotopic (exact) mass is 425 g/mol. The van der Waals surface area contributed by atoms with Crippen LogP contribution in [0.5, 0.6) is 0 Å². The first-order valence-corrected chi connectivity index (χ1v) is 10.5. The van der Waals surface area contributed by atoms with Crippen molar-refractivity contribution < 1.29 is 13.0 Å². The standard InChI is InChI=1S/C12H16BrN.C7H8O3S/c1-3-9-7-11-10(8(2)14-9)5-4-6-12(11)13;1-6-2-4-7(5-3-6)11(8,9)10/h4-6,8-9,14H,3,7H2,1-2H3;2-5H,1H3,(H,8,9,10)/t8-,9-;/m0./s1. The van der Waals surface area contributed by atoms with Crippen molar-refractivity contribution in [3.8, 4) is 0 Å². The largest absolute Gasteiger partial charge is 0.307 e. The van der Waals surface area contributed by atoms with Gasteiger partial charge < -0.3 is 5.32 Å². The Balaban J connectivity index is 0.000000186. The van der Waals surface area contributed by atoms with Gasteiger partial charge in [0.1, 0.15) is 0 Å². The predicted molar refractivity (Wildman–Crippen MR) is 104 cm³/mol. The van der Waals surface area contributed by atoms with Crippen molar-refractivity contribution in [1.29, 1.82) is 0 Å². The molecule has 6 heteroatoms. The minimum absolute atomic E-state index is 0.0666. The van der Waals surface area contributed by atoms with E-state index in [2.05, 4.69) is 53.3 Å². The van der Waals surface area contributed by atoms with Crippen molar-refractivity contribution in [2.24, 2.45) is 0 Å². The molecule has 3 rings (SSSR count). The molecule has 2 N–H and O–H groups in total. The minimum Gasteiger partial charge on any atom is -0.307 e. The molecule has 1 aliphatic heterocycles. The molecule has 136 valence electrons. The SMILES string of the molecule is CC[C@H]1Cc2c(Br)cccc2[C@H](C)N1.Cc1ccc(S(=O)(=O)O)cc1. The second kappa shape index (κ2) is 8.45. The van der Waals surface area contributed by atoms with Crippen LogP contribution in [-0.2, 0) is 16.5 Å². The second-order valence-corrected chi connectivity index (χ2v) is 8.57. The van der Waals surface area contributed by atoms with Crippen molar-refractivity contribution in [2.75, 3.05) is 0 Å². The summed E-state index contributed by atoms with van der Waals surface area (Å²) in [6.45, 7) is 6.33. The third-order valence-corrected chi connectivity index (χ3v) is 5.98. The highest BCUT2D eigenvalue weighted by atomic mass is 79.9. The van der Waals surface area contributed by atoms with Crippen molar-refractivity contribution in [1.82, 2.24) is 5.32 Å². The first kappa shape index (κ1) is 20.1. The van der Waals surface area contributed by atoms with Gasteiger partial charge in [0.25, 0.3) is 10.1 Å². The molecule has 0 amide bonds. The smallest absolute Gasteiger partial charge is 0.294 e. The quantitative estimate of drug-likeness (QED) is 0.685. The van der Waals surface area contributed by atoms with Crippen LogP contribution in [0.25, 0.3) is 0 Å². The van der Waals surface area contributed by atoms with Crippen LogP contribution in [0.15, 0.2) is 51.8 Å². The minimum atomic E-state index is -4.02. The summed E-state index contributed by atoms with van der Waals surface area (Å²) in [6, 6.07) is 13.6. The van der Waals surface area contributed by atoms with E-state index in [0.717, 1.165) is 12.0 Å². The molecule has 0 bridgehead atoms. The Morgan fingerprint density at radius 3 is 2.40 bits per heavy atom. The van der Waals surface area contributed by atoms with Crippen molar-refractivity contribution in [3.05, 3.63) is 63.6 Å². The molecule has 1 heterocycles. The van der Waals surface area contributed by atoms with Gasteiger partial charge in [-0.2, -0.15) is 8.42 Å². The van der Waals surface area contributed by atoms with E-state index in [9.17, 15) is 8.42 Å². The zero-order valence-electron chi connectivity index (χ0n) is 14.7. The summed E-state index contributed by atoms with van der Waals surface area (Å²) in [5, 5.41) is 3.63. The van der Waals surface area contributed by atoms with Crippen LogP contribution in [0.4, 0.5) is 0 Å². The van der Waals surface area contributed by atoms with E-state index >= 15 is 0 Å². The normalized spacial score (nSPS) is 19.6. The van der Waals surface area contributed by atoms with Gasteiger partial charge in [-0.3, -0.25) is 4.55 Å². The van der Waals surface area contributed by atoms with Gasteiger partial charge in [0.15, 0.2) is 0 Å². The van der Waals surface area contributed by atoms with E-state index in [4.69, 9.17) is 4.55 Å². The maximum atomic E-state index is 10.5. The molecule has 0 aliphatic carbocycles. The Bertz CT molecular complexity index is 819. The lowest BCUT2D eigenvalue weighted by molar-refractivity contribution is 0.411. The Hall–Kier alpha value is -1.21. The van der Waals surface area contributed by atoms with Crippen molar-refractivity contribution in [3.63, 3.8) is 0 Å². The lowest BCUT2D eigenvalue weighted by Crippen LogP contribution is -2.37. The molecule has 0 fully saturated rings. The lowest BCUT2D eigenvalue weighted by Gasteiger charge is -2.31. The van der Waals surface area contributed by atoms with Crippen LogP contribution in [0.3, 0.4) is 0 Å². The van der Waals surface area contributed by atoms with Crippen molar-refractivity contribution in [2.45, 2.75) is 50.6 Å². The maximum absolute atomic E-state index is 10.5. The van der Waals surface area contributed by atoms with Crippen LogP contribution < -0.4 is 5.32 Å². The Kier molecular flexibility index (Phi) is 6.79. The van der Waals surface area contributed by atoms with Gasteiger partial charge in [-0.25, -0.2) is 0 Å². The Labute approximate surface area is 158 Å². The summed E-state index contributed by atoms with van der Waals surface area (Å²) in [5.74, 6) is 0. The Morgan fingerprint density at radius 1 is 1.20 bits per heavy atom. The van der Waals surface area contributed by atoms with Crippen LogP contribution in [0.1, 0.15) is 43.0 Å². The number of nitrogens with one attached hydrogen (secondary N) is 1. The topological polar surface area (TPSA) is 66.4 Å². The predicted octanol–water partition coefficient (Wildman–Crippen LogP) is 4.68. The molecule has 0 unspecified atom stereocenters. The summed E-state index contributed by atoms with van der Waals surface area (Å²) in [4.78, 5) is -0.0666. The first-order valence-electron chi connectivity index (χ1n) is 8.29. The van der Waals surface area contributed by atoms with Gasteiger partial charge in [-0.05, 0) is 56.0 Å². The molecule has 2 aromatic rings. The number of hydrogen-bond donors (Lipinski definition) is 2. The zero-order chi connectivity index (χ0) is 18.6. The van der Waals surface area contributed by atoms with E-state index in [-0.39, 0.29) is 4.90 Å². The molecule has 0 spiro atoms. The maximum Gasteiger partial charge on any atom is 0.294 e. The van der Waals surface area contributed by atoms with E-state index in [1.54, 1.807) is 12.1 Å². The average Bonchev–Trinajstić information content (AvgIpc) is 2.56. The van der Waals surface area contributed by atoms with Crippen LogP contribution in [-0.4, -0.2) is 19.0 Å². The number of aryl methyl sites for hydroxylation is 1. The fourth-order valence-electron chi connectivity index (χ4n) is 2.92. The van der Waals surface area contributed by atoms with Gasteiger partial charge >= 0.3 is 0 Å². The molecule has 2 aromatic carbocycles. The van der Waals surface area contributed by atoms with Gasteiger partial charge in [0, 0.05) is 16.6 Å². The molecular formula is C19H24BrNO3S. The van der Waals surface area contributed by atoms with Crippen molar-refractivity contribution >= 4 is 26.0 Å². The molecule has 0 saturated heterocycles. The number of benzene rings is 2. The average molecular weight is 426 g/mol. The van der Waals surface area contributed by atoms with E-state index in [0.29, 0.717) is 12.1 Å². The van der Waals surface area contributed by atoms with E-state index < -0.39 is 10.1 Å². The second-order valence-electron chi connectivity index (χ2n) is 6.29. The van der Waals surface area contributed by atoms with Gasteiger partial charge in [-0.1, -0.05) is 52.7 Å². The number of fused-ring (bicyclic) bond motifs is 1. The van der Waals surface area contributed by atoms with E-state index in [1.807, 2.05) is 6.92 Å².